The van der Waals surface area contributed by atoms with E-state index in [1.807, 2.05) is 6.92 Å². The van der Waals surface area contributed by atoms with Crippen LogP contribution in [0.2, 0.25) is 0 Å². The van der Waals surface area contributed by atoms with Gasteiger partial charge in [-0.2, -0.15) is 4.31 Å². The van der Waals surface area contributed by atoms with Crippen molar-refractivity contribution in [3.63, 3.8) is 0 Å². The van der Waals surface area contributed by atoms with Gasteiger partial charge in [-0.3, -0.25) is 0 Å². The highest BCUT2D eigenvalue weighted by Crippen LogP contribution is 2.19. The fraction of sp³-hybridized carbons (Fsp3) is 0.158. The van der Waals surface area contributed by atoms with Crippen LogP contribution in [0.3, 0.4) is 0 Å². The third-order valence-electron chi connectivity index (χ3n) is 3.50. The molecule has 2 rings (SSSR count). The summed E-state index contributed by atoms with van der Waals surface area (Å²) in [6.07, 6.45) is 3.49. The zero-order valence-corrected chi connectivity index (χ0v) is 16.2. The van der Waals surface area contributed by atoms with Gasteiger partial charge in [0.05, 0.1) is 4.90 Å². The predicted molar refractivity (Wildman–Crippen MR) is 103 cm³/mol. The maximum atomic E-state index is 12.9. The van der Waals surface area contributed by atoms with Crippen LogP contribution < -0.4 is 0 Å². The lowest BCUT2D eigenvalue weighted by atomic mass is 10.2. The van der Waals surface area contributed by atoms with Crippen molar-refractivity contribution in [3.05, 3.63) is 82.6 Å². The molecule has 0 amide bonds. The molecular formula is C19H19BrFNO2S. The van der Waals surface area contributed by atoms with Crippen LogP contribution in [0.4, 0.5) is 4.39 Å². The van der Waals surface area contributed by atoms with Gasteiger partial charge in [0.25, 0.3) is 0 Å². The summed E-state index contributed by atoms with van der Waals surface area (Å²) in [5.74, 6) is -0.309. The minimum Gasteiger partial charge on any atom is -0.207 e. The van der Waals surface area contributed by atoms with E-state index in [4.69, 9.17) is 0 Å². The van der Waals surface area contributed by atoms with Crippen molar-refractivity contribution in [2.24, 2.45) is 0 Å². The number of nitrogens with zero attached hydrogens (tertiary/aromatic N) is 1. The number of rotatable bonds is 7. The van der Waals surface area contributed by atoms with Gasteiger partial charge in [-0.25, -0.2) is 12.8 Å². The number of aryl methyl sites for hydroxylation is 1. The molecule has 6 heteroatoms. The Kier molecular flexibility index (Phi) is 6.70. The monoisotopic (exact) mass is 423 g/mol. The van der Waals surface area contributed by atoms with E-state index in [9.17, 15) is 12.8 Å². The van der Waals surface area contributed by atoms with Gasteiger partial charge in [-0.15, -0.1) is 0 Å². The van der Waals surface area contributed by atoms with Crippen LogP contribution in [0.15, 0.2) is 70.6 Å². The van der Waals surface area contributed by atoms with E-state index < -0.39 is 10.0 Å². The van der Waals surface area contributed by atoms with Crippen molar-refractivity contribution in [2.45, 2.75) is 11.8 Å². The zero-order valence-electron chi connectivity index (χ0n) is 13.8. The maximum Gasteiger partial charge on any atom is 0.243 e. The zero-order chi connectivity index (χ0) is 18.4. The van der Waals surface area contributed by atoms with E-state index >= 15 is 0 Å². The highest BCUT2D eigenvalue weighted by molar-refractivity contribution is 9.11. The first-order valence-electron chi connectivity index (χ1n) is 7.61. The summed E-state index contributed by atoms with van der Waals surface area (Å²) < 4.78 is 40.5. The van der Waals surface area contributed by atoms with Crippen LogP contribution in [0, 0.1) is 12.7 Å². The summed E-state index contributed by atoms with van der Waals surface area (Å²) in [7, 11) is -3.64. The standard InChI is InChI=1S/C19H19BrFNO2S/c1-15-5-11-19(12-6-15)25(23,24)22(14-16(2)20)13-3-4-17-7-9-18(21)10-8-17/h3-12H,2,13-14H2,1H3. The molecule has 0 fully saturated rings. The van der Waals surface area contributed by atoms with Gasteiger partial charge < -0.3 is 0 Å². The number of halogens is 2. The van der Waals surface area contributed by atoms with Crippen molar-refractivity contribution in [3.8, 4) is 0 Å². The molecule has 3 nitrogen and oxygen atoms in total. The predicted octanol–water partition coefficient (Wildman–Crippen LogP) is 4.75. The largest absolute Gasteiger partial charge is 0.243 e. The minimum atomic E-state index is -3.64. The Labute approximate surface area is 156 Å². The Hall–Kier alpha value is -1.76. The molecule has 132 valence electrons. The van der Waals surface area contributed by atoms with E-state index in [0.29, 0.717) is 4.48 Å². The Morgan fingerprint density at radius 2 is 1.76 bits per heavy atom. The lowest BCUT2D eigenvalue weighted by Crippen LogP contribution is -2.32. The molecule has 0 heterocycles. The van der Waals surface area contributed by atoms with Crippen LogP contribution in [-0.4, -0.2) is 25.8 Å². The van der Waals surface area contributed by atoms with Gasteiger partial charge in [0.2, 0.25) is 10.0 Å². The second kappa shape index (κ2) is 8.56. The molecule has 2 aromatic rings. The lowest BCUT2D eigenvalue weighted by molar-refractivity contribution is 0.473. The SMILES string of the molecule is C=C(Br)CN(CC=Cc1ccc(F)cc1)S(=O)(=O)c1ccc(C)cc1. The van der Waals surface area contributed by atoms with Crippen LogP contribution >= 0.6 is 15.9 Å². The van der Waals surface area contributed by atoms with Gasteiger partial charge in [-0.1, -0.05) is 64.5 Å². The fourth-order valence-corrected chi connectivity index (χ4v) is 4.03. The first-order chi connectivity index (χ1) is 11.8. The summed E-state index contributed by atoms with van der Waals surface area (Å²) in [6, 6.07) is 12.7. The number of hydrogen-bond donors (Lipinski definition) is 0. The van der Waals surface area contributed by atoms with Crippen molar-refractivity contribution in [1.29, 1.82) is 0 Å². The summed E-state index contributed by atoms with van der Waals surface area (Å²) in [5.41, 5.74) is 1.79. The van der Waals surface area contributed by atoms with Gasteiger partial charge >= 0.3 is 0 Å². The van der Waals surface area contributed by atoms with E-state index in [2.05, 4.69) is 22.5 Å². The quantitative estimate of drug-likeness (QED) is 0.644. The minimum absolute atomic E-state index is 0.157. The third-order valence-corrected chi connectivity index (χ3v) is 5.57. The van der Waals surface area contributed by atoms with E-state index in [-0.39, 0.29) is 23.8 Å². The van der Waals surface area contributed by atoms with Crippen LogP contribution in [0.25, 0.3) is 6.08 Å². The molecule has 2 aromatic carbocycles. The molecule has 0 radical (unpaired) electrons. The lowest BCUT2D eigenvalue weighted by Gasteiger charge is -2.20. The molecule has 0 spiro atoms. The van der Waals surface area contributed by atoms with Crippen molar-refractivity contribution in [2.75, 3.05) is 13.1 Å². The fourth-order valence-electron chi connectivity index (χ4n) is 2.18. The molecule has 0 aliphatic rings. The second-order valence-corrected chi connectivity index (χ2v) is 8.64. The average molecular weight is 424 g/mol. The average Bonchev–Trinajstić information content (AvgIpc) is 2.56. The smallest absolute Gasteiger partial charge is 0.207 e. The molecule has 0 aliphatic heterocycles. The van der Waals surface area contributed by atoms with Crippen LogP contribution in [0.5, 0.6) is 0 Å². The number of benzene rings is 2. The van der Waals surface area contributed by atoms with Crippen molar-refractivity contribution in [1.82, 2.24) is 4.31 Å². The topological polar surface area (TPSA) is 37.4 Å². The third kappa shape index (κ3) is 5.63. The molecule has 0 saturated carbocycles. The van der Waals surface area contributed by atoms with E-state index in [0.717, 1.165) is 11.1 Å². The first-order valence-corrected chi connectivity index (χ1v) is 9.84. The van der Waals surface area contributed by atoms with Crippen LogP contribution in [0.1, 0.15) is 11.1 Å². The Morgan fingerprint density at radius 3 is 2.32 bits per heavy atom. The summed E-state index contributed by atoms with van der Waals surface area (Å²) >= 11 is 3.23. The summed E-state index contributed by atoms with van der Waals surface area (Å²) in [5, 5.41) is 0. The van der Waals surface area contributed by atoms with E-state index in [1.165, 1.54) is 16.4 Å². The molecule has 0 N–H and O–H groups in total. The Morgan fingerprint density at radius 1 is 1.16 bits per heavy atom. The highest BCUT2D eigenvalue weighted by atomic mass is 79.9. The van der Waals surface area contributed by atoms with Crippen molar-refractivity contribution < 1.29 is 12.8 Å². The van der Waals surface area contributed by atoms with Gasteiger partial charge in [0.15, 0.2) is 0 Å². The molecule has 25 heavy (non-hydrogen) atoms. The molecule has 0 bridgehead atoms. The van der Waals surface area contributed by atoms with Gasteiger partial charge in [0, 0.05) is 17.6 Å². The summed E-state index contributed by atoms with van der Waals surface area (Å²) in [6.45, 7) is 5.98. The normalized spacial score (nSPS) is 12.0. The molecule has 0 saturated heterocycles. The molecule has 0 atom stereocenters. The van der Waals surface area contributed by atoms with Crippen LogP contribution in [-0.2, 0) is 10.0 Å². The molecule has 0 aromatic heterocycles. The number of hydrogen-bond acceptors (Lipinski definition) is 2. The number of sulfonamides is 1. The molecular weight excluding hydrogens is 405 g/mol. The Bertz CT molecular complexity index is 859. The highest BCUT2D eigenvalue weighted by Gasteiger charge is 2.23. The summed E-state index contributed by atoms with van der Waals surface area (Å²) in [4.78, 5) is 0.238. The first kappa shape index (κ1) is 19.6. The second-order valence-electron chi connectivity index (χ2n) is 5.58. The molecule has 0 aliphatic carbocycles. The maximum absolute atomic E-state index is 12.9. The van der Waals surface area contributed by atoms with E-state index in [1.54, 1.807) is 48.6 Å². The molecule has 0 unspecified atom stereocenters. The Balaban J connectivity index is 2.21. The van der Waals surface area contributed by atoms with Crippen molar-refractivity contribution >= 4 is 32.0 Å². The van der Waals surface area contributed by atoms with Gasteiger partial charge in [0.1, 0.15) is 5.82 Å². The van der Waals surface area contributed by atoms with Gasteiger partial charge in [-0.05, 0) is 36.8 Å².